The second-order valence-corrected chi connectivity index (χ2v) is 8.66. The van der Waals surface area contributed by atoms with E-state index in [1.807, 2.05) is 0 Å². The maximum atomic E-state index is 13.3. The first-order valence-electron chi connectivity index (χ1n) is 12.2. The summed E-state index contributed by atoms with van der Waals surface area (Å²) in [7, 11) is 1.43. The van der Waals surface area contributed by atoms with E-state index in [-0.39, 0.29) is 22.8 Å². The van der Waals surface area contributed by atoms with Crippen molar-refractivity contribution in [2.75, 3.05) is 46.5 Å². The van der Waals surface area contributed by atoms with Gasteiger partial charge in [0.25, 0.3) is 11.7 Å². The summed E-state index contributed by atoms with van der Waals surface area (Å²) in [5.74, 6) is -0.579. The Balaban J connectivity index is 1.77. The van der Waals surface area contributed by atoms with Crippen molar-refractivity contribution in [1.82, 2.24) is 9.80 Å². The second kappa shape index (κ2) is 10.9. The van der Waals surface area contributed by atoms with E-state index in [0.717, 1.165) is 19.6 Å². The SMILES string of the molecule is CCN(CC)CCCN1C(=O)C(=O)/C(=C(/O)c2ccc3c(c2)OCCO3)[C@H]1c1ccc(O)c(OC)c1. The molecule has 1 atom stereocenters. The third-order valence-electron chi connectivity index (χ3n) is 6.64. The van der Waals surface area contributed by atoms with E-state index in [1.54, 1.807) is 30.3 Å². The van der Waals surface area contributed by atoms with Crippen molar-refractivity contribution in [3.63, 3.8) is 0 Å². The van der Waals surface area contributed by atoms with E-state index in [0.29, 0.717) is 48.8 Å². The van der Waals surface area contributed by atoms with Crippen molar-refractivity contribution in [3.8, 4) is 23.0 Å². The summed E-state index contributed by atoms with van der Waals surface area (Å²) < 4.78 is 16.4. The van der Waals surface area contributed by atoms with E-state index in [4.69, 9.17) is 14.2 Å². The number of rotatable bonds is 9. The van der Waals surface area contributed by atoms with Gasteiger partial charge in [0.05, 0.1) is 18.7 Å². The van der Waals surface area contributed by atoms with E-state index in [1.165, 1.54) is 18.1 Å². The molecule has 0 saturated carbocycles. The summed E-state index contributed by atoms with van der Waals surface area (Å²) in [5, 5.41) is 21.4. The minimum absolute atomic E-state index is 0.0211. The zero-order valence-corrected chi connectivity index (χ0v) is 20.8. The maximum Gasteiger partial charge on any atom is 0.295 e. The van der Waals surface area contributed by atoms with Gasteiger partial charge in [0.1, 0.15) is 19.0 Å². The Hall–Kier alpha value is -3.72. The van der Waals surface area contributed by atoms with Gasteiger partial charge in [-0.15, -0.1) is 0 Å². The molecule has 9 heteroatoms. The lowest BCUT2D eigenvalue weighted by molar-refractivity contribution is -0.140. The topological polar surface area (TPSA) is 109 Å². The van der Waals surface area contributed by atoms with Gasteiger partial charge in [-0.05, 0) is 62.0 Å². The summed E-state index contributed by atoms with van der Waals surface area (Å²) in [6.07, 6.45) is 0.657. The number of benzene rings is 2. The number of phenolic OH excluding ortho intramolecular Hbond substituents is 1. The Morgan fingerprint density at radius 1 is 1.08 bits per heavy atom. The largest absolute Gasteiger partial charge is 0.507 e. The molecule has 2 aromatic rings. The van der Waals surface area contributed by atoms with Crippen molar-refractivity contribution < 1.29 is 34.0 Å². The Bertz CT molecular complexity index is 1170. The molecule has 1 amide bonds. The van der Waals surface area contributed by atoms with Crippen LogP contribution >= 0.6 is 0 Å². The van der Waals surface area contributed by atoms with Gasteiger partial charge in [0, 0.05) is 12.1 Å². The van der Waals surface area contributed by atoms with E-state index >= 15 is 0 Å². The van der Waals surface area contributed by atoms with Gasteiger partial charge in [-0.25, -0.2) is 0 Å². The van der Waals surface area contributed by atoms with Crippen LogP contribution in [-0.4, -0.2) is 78.2 Å². The average molecular weight is 497 g/mol. The Kier molecular flexibility index (Phi) is 7.69. The summed E-state index contributed by atoms with van der Waals surface area (Å²) in [5.41, 5.74) is 0.870. The number of aliphatic hydroxyl groups excluding tert-OH is 1. The fraction of sp³-hybridized carbons (Fsp3) is 0.407. The quantitative estimate of drug-likeness (QED) is 0.309. The molecule has 1 saturated heterocycles. The summed E-state index contributed by atoms with van der Waals surface area (Å²) >= 11 is 0. The minimum atomic E-state index is -0.843. The van der Waals surface area contributed by atoms with Gasteiger partial charge in [-0.1, -0.05) is 19.9 Å². The molecule has 192 valence electrons. The number of hydrogen-bond donors (Lipinski definition) is 2. The molecule has 2 heterocycles. The van der Waals surface area contributed by atoms with Crippen LogP contribution in [0.5, 0.6) is 23.0 Å². The molecule has 36 heavy (non-hydrogen) atoms. The molecule has 0 bridgehead atoms. The molecule has 4 rings (SSSR count). The van der Waals surface area contributed by atoms with Crippen molar-refractivity contribution in [2.45, 2.75) is 26.3 Å². The fourth-order valence-corrected chi connectivity index (χ4v) is 4.67. The number of carbonyl (C=O) groups excluding carboxylic acids is 2. The third-order valence-corrected chi connectivity index (χ3v) is 6.64. The third kappa shape index (κ3) is 4.83. The maximum absolute atomic E-state index is 13.3. The number of amides is 1. The lowest BCUT2D eigenvalue weighted by Crippen LogP contribution is -2.33. The Morgan fingerprint density at radius 2 is 1.81 bits per heavy atom. The number of phenols is 1. The molecule has 2 aliphatic rings. The number of aliphatic hydroxyl groups is 1. The number of fused-ring (bicyclic) bond motifs is 1. The molecule has 2 aromatic carbocycles. The normalized spacial score (nSPS) is 18.7. The van der Waals surface area contributed by atoms with Gasteiger partial charge >= 0.3 is 0 Å². The fourth-order valence-electron chi connectivity index (χ4n) is 4.67. The number of ether oxygens (including phenoxy) is 3. The number of aromatic hydroxyl groups is 1. The number of carbonyl (C=O) groups is 2. The smallest absolute Gasteiger partial charge is 0.295 e. The standard InChI is InChI=1S/C27H32N2O7/c1-4-28(5-2)11-6-12-29-24(17-7-9-19(30)21(15-17)34-3)23(26(32)27(29)33)25(31)18-8-10-20-22(16-18)36-14-13-35-20/h7-10,15-16,24,30-31H,4-6,11-14H2,1-3H3/b25-23+/t24-/m1/s1. The van der Waals surface area contributed by atoms with Crippen LogP contribution in [0.25, 0.3) is 5.76 Å². The van der Waals surface area contributed by atoms with Crippen LogP contribution in [0.15, 0.2) is 42.0 Å². The lowest BCUT2D eigenvalue weighted by Gasteiger charge is -2.27. The molecule has 0 aromatic heterocycles. The summed E-state index contributed by atoms with van der Waals surface area (Å²) in [4.78, 5) is 30.2. The zero-order chi connectivity index (χ0) is 25.8. The van der Waals surface area contributed by atoms with E-state index < -0.39 is 17.7 Å². The molecule has 2 aliphatic heterocycles. The van der Waals surface area contributed by atoms with Crippen LogP contribution in [0.2, 0.25) is 0 Å². The Morgan fingerprint density at radius 3 is 2.50 bits per heavy atom. The molecular weight excluding hydrogens is 464 g/mol. The number of nitrogens with zero attached hydrogens (tertiary/aromatic N) is 2. The minimum Gasteiger partial charge on any atom is -0.507 e. The molecule has 0 radical (unpaired) electrons. The summed E-state index contributed by atoms with van der Waals surface area (Å²) in [6.45, 7) is 7.82. The van der Waals surface area contributed by atoms with Gasteiger partial charge in [-0.3, -0.25) is 9.59 Å². The highest BCUT2D eigenvalue weighted by Gasteiger charge is 2.46. The number of Topliss-reactive ketones (excluding diaryl/α,β-unsaturated/α-hetero) is 1. The Labute approximate surface area is 210 Å². The van der Waals surface area contributed by atoms with Crippen LogP contribution in [-0.2, 0) is 9.59 Å². The van der Waals surface area contributed by atoms with Gasteiger partial charge in [0.15, 0.2) is 23.0 Å². The van der Waals surface area contributed by atoms with Crippen molar-refractivity contribution in [1.29, 1.82) is 0 Å². The molecule has 0 aliphatic carbocycles. The highest BCUT2D eigenvalue weighted by atomic mass is 16.6. The molecule has 2 N–H and O–H groups in total. The molecule has 0 spiro atoms. The van der Waals surface area contributed by atoms with Crippen LogP contribution in [0, 0.1) is 0 Å². The first kappa shape index (κ1) is 25.4. The number of methoxy groups -OCH3 is 1. The first-order chi connectivity index (χ1) is 17.4. The monoisotopic (exact) mass is 496 g/mol. The number of ketones is 1. The predicted molar refractivity (Wildman–Crippen MR) is 134 cm³/mol. The highest BCUT2D eigenvalue weighted by molar-refractivity contribution is 6.46. The van der Waals surface area contributed by atoms with Crippen LogP contribution in [0.1, 0.15) is 37.4 Å². The van der Waals surface area contributed by atoms with Crippen LogP contribution in [0.3, 0.4) is 0 Å². The van der Waals surface area contributed by atoms with Crippen LogP contribution < -0.4 is 14.2 Å². The lowest BCUT2D eigenvalue weighted by atomic mass is 9.94. The highest BCUT2D eigenvalue weighted by Crippen LogP contribution is 2.43. The molecule has 9 nitrogen and oxygen atoms in total. The zero-order valence-electron chi connectivity index (χ0n) is 20.8. The van der Waals surface area contributed by atoms with E-state index in [9.17, 15) is 19.8 Å². The van der Waals surface area contributed by atoms with E-state index in [2.05, 4.69) is 18.7 Å². The van der Waals surface area contributed by atoms with Crippen molar-refractivity contribution >= 4 is 17.4 Å². The number of hydrogen-bond acceptors (Lipinski definition) is 8. The van der Waals surface area contributed by atoms with Gasteiger partial charge in [-0.2, -0.15) is 0 Å². The van der Waals surface area contributed by atoms with Gasteiger partial charge in [0.2, 0.25) is 0 Å². The molecule has 0 unspecified atom stereocenters. The van der Waals surface area contributed by atoms with Crippen LogP contribution in [0.4, 0.5) is 0 Å². The van der Waals surface area contributed by atoms with Crippen molar-refractivity contribution in [3.05, 3.63) is 53.1 Å². The molecular formula is C27H32N2O7. The van der Waals surface area contributed by atoms with Crippen molar-refractivity contribution in [2.24, 2.45) is 0 Å². The first-order valence-corrected chi connectivity index (χ1v) is 12.2. The van der Waals surface area contributed by atoms with Gasteiger partial charge < -0.3 is 34.2 Å². The number of likely N-dealkylation sites (tertiary alicyclic amines) is 1. The molecule has 1 fully saturated rings. The predicted octanol–water partition coefficient (Wildman–Crippen LogP) is 3.33. The average Bonchev–Trinajstić information content (AvgIpc) is 3.15. The second-order valence-electron chi connectivity index (χ2n) is 8.66. The summed E-state index contributed by atoms with van der Waals surface area (Å²) in [6, 6.07) is 8.72.